The Bertz CT molecular complexity index is 2970. The molecule has 2 fully saturated rings. The number of nitrogens with one attached hydrogen (secondary N) is 11. The van der Waals surface area contributed by atoms with E-state index in [1.807, 2.05) is 0 Å². The molecule has 1 saturated carbocycles. The molecule has 35 nitrogen and oxygen atoms in total. The van der Waals surface area contributed by atoms with Crippen LogP contribution in [0.4, 0.5) is 0 Å². The standard InChI is InChI=1S/C62H103N21O14S2/c1-5-34(3)49-58(96)79-42(29-37-18-11-8-12-19-37)56(94)77-39(21-14-25-71-61(66)67)53(91)81-44(51(63)89)33-99-98-27-23-45(84)76-41(28-36-16-9-7-10-17-36)52(90)74-31-46(85)73-32-47(86)75-38(20-13-24-70-60(64)65)54(92)82-50(35(4)6-2)59(97)80-43(30-48(87)88)57(95)78-40(55(93)83-49)22-15-26-72-62(68)69/h8,11-12,18-19,34-36,38-44,49-50H,5-7,9-10,13-17,20-33H2,1-4H3,(H2,63,89)(H,73,85)(H,74,90)(H,75,86)(H,76,84)(H,77,94)(H,78,95)(H,79,96)(H,80,97)(H,81,91)(H,82,92)(H,83,93)(H,87,88)(H4,64,65,70)(H4,66,67,71)(H4,68,69,72)/t34?,35?,38-,39-,40-,41-,42+,43-,44-,49-,50-/m0/s1. The molecule has 1 saturated heterocycles. The molecule has 3 rings (SSSR count). The number of hydrogen-bond donors (Lipinski definition) is 19. The number of rotatable bonds is 23. The van der Waals surface area contributed by atoms with Crippen LogP contribution in [-0.4, -0.2) is 198 Å². The molecule has 0 aromatic heterocycles. The number of carbonyl (C=O) groups is 13. The molecule has 37 heteroatoms. The first-order valence-electron chi connectivity index (χ1n) is 33.2. The van der Waals surface area contributed by atoms with Gasteiger partial charge in [0.1, 0.15) is 54.4 Å². The van der Waals surface area contributed by atoms with E-state index in [2.05, 4.69) is 73.5 Å². The number of hydrogen-bond acceptors (Lipinski definition) is 18. The van der Waals surface area contributed by atoms with E-state index >= 15 is 0 Å². The summed E-state index contributed by atoms with van der Waals surface area (Å²) in [6.07, 6.45) is 3.71. The molecule has 12 amide bonds. The SMILES string of the molecule is CCC(C)[C@@H]1NC(=O)[C@H](CCCN=C(N)N)NC(=O)CNC(=O)CNC(=O)[C@H](CC2CCCCC2)NC(=O)CCSSC[C@@H](C(N)=O)NC(=O)[C@H](CCCN=C(N)N)NC(=O)[C@@H](Cc2ccccc2)NC(=O)[C@H](C(C)CC)NC(=O)[C@H](CCCN=C(N)N)NC(=O)[C@H](CC(=O)O)NC1=O. The zero-order valence-corrected chi connectivity index (χ0v) is 58.4. The smallest absolute Gasteiger partial charge is 0.305 e. The highest BCUT2D eigenvalue weighted by Gasteiger charge is 2.38. The van der Waals surface area contributed by atoms with Crippen LogP contribution in [0.25, 0.3) is 0 Å². The second kappa shape index (κ2) is 45.4. The van der Waals surface area contributed by atoms with Gasteiger partial charge in [0.05, 0.1) is 19.5 Å². The van der Waals surface area contributed by atoms with Crippen LogP contribution in [0.2, 0.25) is 0 Å². The number of aliphatic imine (C=N–C) groups is 3. The fourth-order valence-electron chi connectivity index (χ4n) is 10.5. The Kier molecular flexibility index (Phi) is 38.6. The van der Waals surface area contributed by atoms with Crippen molar-refractivity contribution in [2.75, 3.05) is 44.2 Å². The van der Waals surface area contributed by atoms with Crippen LogP contribution in [0, 0.1) is 17.8 Å². The second-order valence-corrected chi connectivity index (χ2v) is 27.0. The molecule has 11 atom stereocenters. The number of benzene rings is 1. The van der Waals surface area contributed by atoms with Crippen LogP contribution in [0.15, 0.2) is 45.3 Å². The summed E-state index contributed by atoms with van der Waals surface area (Å²) in [5, 5.41) is 38.6. The number of primary amides is 1. The molecule has 1 aromatic carbocycles. The number of carbonyl (C=O) groups excluding carboxylic acids is 12. The Morgan fingerprint density at radius 1 is 0.505 bits per heavy atom. The van der Waals surface area contributed by atoms with E-state index in [1.54, 1.807) is 58.0 Å². The van der Waals surface area contributed by atoms with Gasteiger partial charge >= 0.3 is 5.97 Å². The summed E-state index contributed by atoms with van der Waals surface area (Å²) in [6, 6.07) is -4.63. The summed E-state index contributed by atoms with van der Waals surface area (Å²) in [5.41, 5.74) is 39.7. The molecular weight excluding hydrogens is 1330 g/mol. The molecule has 1 aliphatic heterocycles. The third-order valence-electron chi connectivity index (χ3n) is 16.5. The molecule has 26 N–H and O–H groups in total. The summed E-state index contributed by atoms with van der Waals surface area (Å²) >= 11 is 0. The van der Waals surface area contributed by atoms with Crippen molar-refractivity contribution in [3.63, 3.8) is 0 Å². The van der Waals surface area contributed by atoms with Crippen molar-refractivity contribution >= 4 is 116 Å². The van der Waals surface area contributed by atoms with Crippen molar-refractivity contribution in [2.45, 2.75) is 191 Å². The van der Waals surface area contributed by atoms with Gasteiger partial charge < -0.3 is 104 Å². The quantitative estimate of drug-likeness (QED) is 0.0214. The summed E-state index contributed by atoms with van der Waals surface area (Å²) < 4.78 is 0. The predicted molar refractivity (Wildman–Crippen MR) is 374 cm³/mol. The zero-order chi connectivity index (χ0) is 73.6. The van der Waals surface area contributed by atoms with Crippen LogP contribution in [0.3, 0.4) is 0 Å². The molecule has 2 unspecified atom stereocenters. The molecule has 1 heterocycles. The number of aliphatic carboxylic acids is 1. The predicted octanol–water partition coefficient (Wildman–Crippen LogP) is -4.21. The van der Waals surface area contributed by atoms with Crippen LogP contribution >= 0.6 is 21.6 Å². The zero-order valence-electron chi connectivity index (χ0n) is 56.7. The number of guanidine groups is 3. The number of carboxylic acids is 1. The average molecular weight is 1430 g/mol. The van der Waals surface area contributed by atoms with Crippen molar-refractivity contribution in [2.24, 2.45) is 72.9 Å². The van der Waals surface area contributed by atoms with Crippen LogP contribution in [-0.2, 0) is 68.7 Å². The van der Waals surface area contributed by atoms with Gasteiger partial charge in [0.15, 0.2) is 17.9 Å². The third kappa shape index (κ3) is 33.3. The Morgan fingerprint density at radius 3 is 1.43 bits per heavy atom. The average Bonchev–Trinajstić information content (AvgIpc) is 1.02. The fraction of sp³-hybridized carbons (Fsp3) is 0.645. The minimum atomic E-state index is -1.93. The third-order valence-corrected chi connectivity index (χ3v) is 18.9. The van der Waals surface area contributed by atoms with Gasteiger partial charge in [-0.1, -0.05) is 125 Å². The lowest BCUT2D eigenvalue weighted by Gasteiger charge is -2.30. The van der Waals surface area contributed by atoms with Gasteiger partial charge in [-0.05, 0) is 68.3 Å². The fourth-order valence-corrected chi connectivity index (χ4v) is 12.7. The topological polar surface area (TPSA) is 594 Å². The molecule has 2 aliphatic rings. The van der Waals surface area contributed by atoms with Gasteiger partial charge in [-0.3, -0.25) is 77.3 Å². The highest BCUT2D eigenvalue weighted by atomic mass is 33.1. The van der Waals surface area contributed by atoms with E-state index in [1.165, 1.54) is 10.8 Å². The van der Waals surface area contributed by atoms with Crippen molar-refractivity contribution in [1.82, 2.24) is 58.5 Å². The van der Waals surface area contributed by atoms with Crippen molar-refractivity contribution < 1.29 is 67.4 Å². The number of carboxylic acid groups (broad SMARTS) is 1. The van der Waals surface area contributed by atoms with E-state index in [0.29, 0.717) is 5.56 Å². The number of amides is 12. The monoisotopic (exact) mass is 1430 g/mol. The minimum absolute atomic E-state index is 0.00114. The van der Waals surface area contributed by atoms with Crippen molar-refractivity contribution in [1.29, 1.82) is 0 Å². The van der Waals surface area contributed by atoms with Gasteiger partial charge in [0, 0.05) is 44.0 Å². The molecular formula is C62H103N21O14S2. The van der Waals surface area contributed by atoms with E-state index in [4.69, 9.17) is 40.1 Å². The Balaban J connectivity index is 2.17. The highest BCUT2D eigenvalue weighted by molar-refractivity contribution is 8.76. The lowest BCUT2D eigenvalue weighted by molar-refractivity contribution is -0.142. The van der Waals surface area contributed by atoms with Gasteiger partial charge in [-0.25, -0.2) is 0 Å². The summed E-state index contributed by atoms with van der Waals surface area (Å²) in [5.74, 6) is -14.2. The molecule has 0 radical (unpaired) electrons. The van der Waals surface area contributed by atoms with E-state index in [9.17, 15) is 67.4 Å². The minimum Gasteiger partial charge on any atom is -0.481 e. The van der Waals surface area contributed by atoms with E-state index < -0.39 is 163 Å². The van der Waals surface area contributed by atoms with Gasteiger partial charge in [-0.15, -0.1) is 0 Å². The normalized spacial score (nSPS) is 24.1. The lowest BCUT2D eigenvalue weighted by Crippen LogP contribution is -2.62. The number of nitrogens with two attached hydrogens (primary N) is 7. The van der Waals surface area contributed by atoms with Crippen LogP contribution in [0.1, 0.15) is 136 Å². The summed E-state index contributed by atoms with van der Waals surface area (Å²) in [4.78, 5) is 193. The second-order valence-electron chi connectivity index (χ2n) is 24.4. The Labute approximate surface area is 584 Å². The van der Waals surface area contributed by atoms with E-state index in [-0.39, 0.29) is 126 Å². The van der Waals surface area contributed by atoms with Crippen LogP contribution in [0.5, 0.6) is 0 Å². The summed E-state index contributed by atoms with van der Waals surface area (Å²) in [7, 11) is 2.27. The van der Waals surface area contributed by atoms with E-state index in [0.717, 1.165) is 42.9 Å². The van der Waals surface area contributed by atoms with Gasteiger partial charge in [-0.2, -0.15) is 0 Å². The number of nitrogens with zero attached hydrogens (tertiary/aromatic N) is 3. The molecule has 99 heavy (non-hydrogen) atoms. The van der Waals surface area contributed by atoms with Gasteiger partial charge in [0.2, 0.25) is 70.9 Å². The van der Waals surface area contributed by atoms with Crippen molar-refractivity contribution in [3.05, 3.63) is 35.9 Å². The van der Waals surface area contributed by atoms with Crippen molar-refractivity contribution in [3.8, 4) is 0 Å². The largest absolute Gasteiger partial charge is 0.481 e. The highest BCUT2D eigenvalue weighted by Crippen LogP contribution is 2.28. The van der Waals surface area contributed by atoms with Crippen LogP contribution < -0.4 is 98.6 Å². The molecule has 1 aliphatic carbocycles. The molecule has 0 spiro atoms. The maximum Gasteiger partial charge on any atom is 0.305 e. The Morgan fingerprint density at radius 2 is 0.949 bits per heavy atom. The molecule has 1 aromatic rings. The first kappa shape index (κ1) is 84.1. The Hall–Kier alpha value is -9.16. The first-order chi connectivity index (χ1) is 47.0. The van der Waals surface area contributed by atoms with Gasteiger partial charge in [0.25, 0.3) is 0 Å². The maximum atomic E-state index is 14.8. The first-order valence-corrected chi connectivity index (χ1v) is 35.7. The summed E-state index contributed by atoms with van der Waals surface area (Å²) in [6.45, 7) is 5.24. The lowest BCUT2D eigenvalue weighted by atomic mass is 9.84. The maximum absolute atomic E-state index is 14.8. The molecule has 552 valence electrons. The molecule has 0 bridgehead atoms.